The average molecular weight is 315 g/mol. The molecule has 0 spiro atoms. The van der Waals surface area contributed by atoms with Gasteiger partial charge in [0.25, 0.3) is 0 Å². The van der Waals surface area contributed by atoms with Crippen LogP contribution < -0.4 is 5.32 Å². The van der Waals surface area contributed by atoms with E-state index >= 15 is 0 Å². The number of phenolic OH excluding ortho intramolecular Hbond substituents is 1. The largest absolute Gasteiger partial charge is 0.508 e. The number of fused-ring (bicyclic) bond motifs is 1. The lowest BCUT2D eigenvalue weighted by Crippen LogP contribution is -2.24. The first-order valence-electron chi connectivity index (χ1n) is 7.24. The first-order chi connectivity index (χ1) is 11.2. The van der Waals surface area contributed by atoms with Crippen molar-refractivity contribution in [3.8, 4) is 5.75 Å². The molecule has 8 heteroatoms. The van der Waals surface area contributed by atoms with Gasteiger partial charge in [-0.3, -0.25) is 4.57 Å². The number of nitrogens with one attached hydrogen (secondary N) is 1. The van der Waals surface area contributed by atoms with E-state index in [0.29, 0.717) is 30.1 Å². The molecule has 3 heterocycles. The molecular formula is C15H14FN5O2. The number of aromatic hydroxyl groups is 1. The molecule has 2 N–H and O–H groups in total. The van der Waals surface area contributed by atoms with E-state index in [1.54, 1.807) is 29.1 Å². The molecule has 118 valence electrons. The van der Waals surface area contributed by atoms with Crippen LogP contribution in [0.4, 0.5) is 10.2 Å². The van der Waals surface area contributed by atoms with Crippen molar-refractivity contribution in [2.75, 3.05) is 11.9 Å². The van der Waals surface area contributed by atoms with Crippen LogP contribution in [0.2, 0.25) is 0 Å². The number of hydrogen-bond donors (Lipinski definition) is 2. The van der Waals surface area contributed by atoms with E-state index in [1.165, 1.54) is 0 Å². The summed E-state index contributed by atoms with van der Waals surface area (Å²) in [6, 6.07) is 6.81. The summed E-state index contributed by atoms with van der Waals surface area (Å²) < 4.78 is 20.9. The number of phenols is 1. The second-order valence-corrected chi connectivity index (χ2v) is 5.30. The highest BCUT2D eigenvalue weighted by Gasteiger charge is 2.24. The molecule has 23 heavy (non-hydrogen) atoms. The van der Waals surface area contributed by atoms with Crippen molar-refractivity contribution in [1.29, 1.82) is 0 Å². The van der Waals surface area contributed by atoms with Crippen LogP contribution in [0.25, 0.3) is 11.2 Å². The fraction of sp³-hybridized carbons (Fsp3) is 0.267. The van der Waals surface area contributed by atoms with Crippen molar-refractivity contribution in [2.45, 2.75) is 19.2 Å². The highest BCUT2D eigenvalue weighted by atomic mass is 19.1. The molecule has 1 aromatic carbocycles. The number of anilines is 1. The Hall–Kier alpha value is -2.74. The summed E-state index contributed by atoms with van der Waals surface area (Å²) in [5.74, 6) is 0.489. The smallest absolute Gasteiger partial charge is 0.312 e. The van der Waals surface area contributed by atoms with Crippen molar-refractivity contribution in [1.82, 2.24) is 19.5 Å². The van der Waals surface area contributed by atoms with Crippen LogP contribution in [0.15, 0.2) is 30.6 Å². The zero-order valence-corrected chi connectivity index (χ0v) is 12.1. The van der Waals surface area contributed by atoms with Crippen molar-refractivity contribution in [2.24, 2.45) is 0 Å². The molecule has 1 aliphatic rings. The number of halogens is 1. The summed E-state index contributed by atoms with van der Waals surface area (Å²) in [5.41, 5.74) is 1.74. The predicted octanol–water partition coefficient (Wildman–Crippen LogP) is 2.20. The lowest BCUT2D eigenvalue weighted by atomic mass is 10.2. The third-order valence-electron chi connectivity index (χ3n) is 3.75. The molecule has 7 nitrogen and oxygen atoms in total. The van der Waals surface area contributed by atoms with E-state index < -0.39 is 6.08 Å². The van der Waals surface area contributed by atoms with Gasteiger partial charge in [0.1, 0.15) is 12.0 Å². The Bertz CT molecular complexity index is 862. The van der Waals surface area contributed by atoms with Crippen LogP contribution in [0, 0.1) is 6.08 Å². The zero-order valence-electron chi connectivity index (χ0n) is 12.1. The predicted molar refractivity (Wildman–Crippen MR) is 80.3 cm³/mol. The second-order valence-electron chi connectivity index (χ2n) is 5.30. The molecule has 0 saturated carbocycles. The Morgan fingerprint density at radius 1 is 1.39 bits per heavy atom. The maximum atomic E-state index is 13.7. The molecular weight excluding hydrogens is 301 g/mol. The standard InChI is InChI=1S/C15H14FN5O2/c16-15-19-13(17-7-9-2-1-3-10(22)6-9)12-14(20-15)21(8-18-12)11-4-5-23-11/h1-3,6,8,11,22H,4-5,7H2,(H,17,19,20). The number of benzene rings is 1. The Kier molecular flexibility index (Phi) is 3.30. The zero-order chi connectivity index (χ0) is 15.8. The average Bonchev–Trinajstić information content (AvgIpc) is 2.87. The Morgan fingerprint density at radius 3 is 3.00 bits per heavy atom. The first kappa shape index (κ1) is 13.9. The molecule has 1 aliphatic heterocycles. The third-order valence-corrected chi connectivity index (χ3v) is 3.75. The number of hydrogen-bond acceptors (Lipinski definition) is 6. The number of aromatic nitrogens is 4. The molecule has 0 radical (unpaired) electrons. The topological polar surface area (TPSA) is 85.1 Å². The normalized spacial score (nSPS) is 17.2. The third kappa shape index (κ3) is 2.57. The van der Waals surface area contributed by atoms with Gasteiger partial charge in [-0.2, -0.15) is 14.4 Å². The molecule has 0 aliphatic carbocycles. The Morgan fingerprint density at radius 2 is 2.26 bits per heavy atom. The van der Waals surface area contributed by atoms with Gasteiger partial charge in [0.05, 0.1) is 12.9 Å². The van der Waals surface area contributed by atoms with Gasteiger partial charge in [0, 0.05) is 13.0 Å². The minimum atomic E-state index is -0.822. The molecule has 1 saturated heterocycles. The molecule has 3 aromatic rings. The van der Waals surface area contributed by atoms with E-state index in [-0.39, 0.29) is 12.0 Å². The first-order valence-corrected chi connectivity index (χ1v) is 7.24. The van der Waals surface area contributed by atoms with Gasteiger partial charge in [-0.15, -0.1) is 0 Å². The molecule has 1 atom stereocenters. The van der Waals surface area contributed by atoms with Crippen molar-refractivity contribution >= 4 is 17.0 Å². The van der Waals surface area contributed by atoms with Crippen molar-refractivity contribution in [3.05, 3.63) is 42.2 Å². The highest BCUT2D eigenvalue weighted by Crippen LogP contribution is 2.28. The molecule has 0 bridgehead atoms. The van der Waals surface area contributed by atoms with Gasteiger partial charge >= 0.3 is 6.08 Å². The number of nitrogens with zero attached hydrogens (tertiary/aromatic N) is 4. The summed E-state index contributed by atoms with van der Waals surface area (Å²) >= 11 is 0. The van der Waals surface area contributed by atoms with E-state index in [1.807, 2.05) is 6.07 Å². The lowest BCUT2D eigenvalue weighted by molar-refractivity contribution is -0.0974. The molecule has 4 rings (SSSR count). The van der Waals surface area contributed by atoms with Crippen LogP contribution >= 0.6 is 0 Å². The summed E-state index contributed by atoms with van der Waals surface area (Å²) in [4.78, 5) is 11.9. The van der Waals surface area contributed by atoms with Gasteiger partial charge in [-0.05, 0) is 17.7 Å². The van der Waals surface area contributed by atoms with Crippen molar-refractivity contribution < 1.29 is 14.2 Å². The van der Waals surface area contributed by atoms with E-state index in [2.05, 4.69) is 20.3 Å². The summed E-state index contributed by atoms with van der Waals surface area (Å²) in [5, 5.41) is 12.5. The maximum absolute atomic E-state index is 13.7. The number of imidazole rings is 1. The van der Waals surface area contributed by atoms with E-state index in [0.717, 1.165) is 12.0 Å². The molecule has 1 fully saturated rings. The van der Waals surface area contributed by atoms with Gasteiger partial charge in [0.15, 0.2) is 17.0 Å². The Balaban J connectivity index is 1.65. The molecule has 2 aromatic heterocycles. The van der Waals surface area contributed by atoms with Gasteiger partial charge in [-0.25, -0.2) is 4.98 Å². The quantitative estimate of drug-likeness (QED) is 0.718. The number of rotatable bonds is 4. The van der Waals surface area contributed by atoms with Gasteiger partial charge < -0.3 is 15.2 Å². The monoisotopic (exact) mass is 315 g/mol. The van der Waals surface area contributed by atoms with Gasteiger partial charge in [-0.1, -0.05) is 12.1 Å². The molecule has 0 amide bonds. The minimum absolute atomic E-state index is 0.145. The van der Waals surface area contributed by atoms with Crippen LogP contribution in [-0.2, 0) is 11.3 Å². The summed E-state index contributed by atoms with van der Waals surface area (Å²) in [6.07, 6.45) is 1.47. The Labute approximate surface area is 130 Å². The minimum Gasteiger partial charge on any atom is -0.508 e. The highest BCUT2D eigenvalue weighted by molar-refractivity contribution is 5.82. The second kappa shape index (κ2) is 5.47. The summed E-state index contributed by atoms with van der Waals surface area (Å²) in [7, 11) is 0. The van der Waals surface area contributed by atoms with Crippen molar-refractivity contribution in [3.63, 3.8) is 0 Å². The van der Waals surface area contributed by atoms with E-state index in [4.69, 9.17) is 4.74 Å². The van der Waals surface area contributed by atoms with Gasteiger partial charge in [0.2, 0.25) is 0 Å². The summed E-state index contributed by atoms with van der Waals surface area (Å²) in [6.45, 7) is 1.06. The SMILES string of the molecule is Oc1cccc(CNc2nc(F)nc3c2ncn3C2CCO2)c1. The maximum Gasteiger partial charge on any atom is 0.312 e. The van der Waals surface area contributed by atoms with Crippen LogP contribution in [0.5, 0.6) is 5.75 Å². The fourth-order valence-corrected chi connectivity index (χ4v) is 2.52. The fourth-order valence-electron chi connectivity index (χ4n) is 2.52. The molecule has 1 unspecified atom stereocenters. The lowest BCUT2D eigenvalue weighted by Gasteiger charge is -2.27. The van der Waals surface area contributed by atoms with Crippen LogP contribution in [0.3, 0.4) is 0 Å². The number of ether oxygens (including phenoxy) is 1. The van der Waals surface area contributed by atoms with Crippen LogP contribution in [0.1, 0.15) is 18.2 Å². The van der Waals surface area contributed by atoms with E-state index in [9.17, 15) is 9.50 Å². The van der Waals surface area contributed by atoms with Crippen LogP contribution in [-0.4, -0.2) is 31.2 Å².